The summed E-state index contributed by atoms with van der Waals surface area (Å²) < 4.78 is 50.2. The molecule has 1 heterocycles. The Bertz CT molecular complexity index is 518. The Hall–Kier alpha value is -1.57. The van der Waals surface area contributed by atoms with Gasteiger partial charge in [0, 0.05) is 0 Å². The molecule has 106 valence electrons. The van der Waals surface area contributed by atoms with Gasteiger partial charge in [-0.1, -0.05) is 17.7 Å². The summed E-state index contributed by atoms with van der Waals surface area (Å²) in [4.78, 5) is 11.6. The number of nitrogens with zero attached hydrogens (tertiary/aromatic N) is 2. The summed E-state index contributed by atoms with van der Waals surface area (Å²) in [7, 11) is 0. The molecule has 0 unspecified atom stereocenters. The SMILES string of the molecule is C=CCn1ncc(NCC(F)(F)C(F)F)c(Cl)c1=O. The van der Waals surface area contributed by atoms with Gasteiger partial charge in [-0.05, 0) is 0 Å². The van der Waals surface area contributed by atoms with Crippen LogP contribution < -0.4 is 10.9 Å². The minimum absolute atomic E-state index is 0.0893. The predicted molar refractivity (Wildman–Crippen MR) is 63.1 cm³/mol. The number of hydrogen-bond acceptors (Lipinski definition) is 3. The average Bonchev–Trinajstić information content (AvgIpc) is 2.34. The predicted octanol–water partition coefficient (Wildman–Crippen LogP) is 2.40. The van der Waals surface area contributed by atoms with Crippen LogP contribution in [0.2, 0.25) is 5.02 Å². The first kappa shape index (κ1) is 15.5. The van der Waals surface area contributed by atoms with Gasteiger partial charge < -0.3 is 5.32 Å². The fourth-order valence-electron chi connectivity index (χ4n) is 1.13. The highest BCUT2D eigenvalue weighted by Crippen LogP contribution is 2.24. The Kier molecular flexibility index (Phi) is 4.93. The van der Waals surface area contributed by atoms with Crippen LogP contribution in [0.5, 0.6) is 0 Å². The fourth-order valence-corrected chi connectivity index (χ4v) is 1.34. The lowest BCUT2D eigenvalue weighted by molar-refractivity contribution is -0.117. The molecule has 1 aromatic rings. The molecule has 0 saturated carbocycles. The lowest BCUT2D eigenvalue weighted by Gasteiger charge is -2.17. The van der Waals surface area contributed by atoms with Crippen molar-refractivity contribution in [3.05, 3.63) is 34.2 Å². The number of allylic oxidation sites excluding steroid dienone is 1. The van der Waals surface area contributed by atoms with E-state index < -0.39 is 29.5 Å². The van der Waals surface area contributed by atoms with Gasteiger partial charge in [-0.3, -0.25) is 4.79 Å². The van der Waals surface area contributed by atoms with Crippen LogP contribution in [0.15, 0.2) is 23.6 Å². The van der Waals surface area contributed by atoms with Crippen molar-refractivity contribution in [1.29, 1.82) is 0 Å². The van der Waals surface area contributed by atoms with Crippen molar-refractivity contribution in [1.82, 2.24) is 9.78 Å². The molecule has 0 aliphatic carbocycles. The highest BCUT2D eigenvalue weighted by molar-refractivity contribution is 6.32. The van der Waals surface area contributed by atoms with Crippen LogP contribution in [0.25, 0.3) is 0 Å². The number of hydrogen-bond donors (Lipinski definition) is 1. The van der Waals surface area contributed by atoms with Crippen LogP contribution >= 0.6 is 11.6 Å². The smallest absolute Gasteiger partial charge is 0.324 e. The van der Waals surface area contributed by atoms with Gasteiger partial charge in [0.25, 0.3) is 5.56 Å². The van der Waals surface area contributed by atoms with Crippen LogP contribution in [0.3, 0.4) is 0 Å². The minimum atomic E-state index is -4.22. The molecule has 1 aromatic heterocycles. The van der Waals surface area contributed by atoms with Crippen LogP contribution in [0.4, 0.5) is 23.2 Å². The summed E-state index contributed by atoms with van der Waals surface area (Å²) in [6, 6.07) is 0. The molecule has 1 rings (SSSR count). The topological polar surface area (TPSA) is 46.9 Å². The van der Waals surface area contributed by atoms with Gasteiger partial charge in [-0.15, -0.1) is 6.58 Å². The quantitative estimate of drug-likeness (QED) is 0.648. The van der Waals surface area contributed by atoms with Gasteiger partial charge in [0.2, 0.25) is 0 Å². The van der Waals surface area contributed by atoms with Crippen molar-refractivity contribution in [2.45, 2.75) is 18.9 Å². The van der Waals surface area contributed by atoms with Gasteiger partial charge in [0.1, 0.15) is 5.02 Å². The maximum absolute atomic E-state index is 12.7. The standard InChI is InChI=1S/C10H10ClF4N3O/c1-2-3-18-8(19)7(11)6(4-17-18)16-5-10(14,15)9(12)13/h2,4,9,16H,1,3,5H2. The second-order valence-corrected chi connectivity index (χ2v) is 3.94. The molecule has 0 bridgehead atoms. The van der Waals surface area contributed by atoms with Crippen molar-refractivity contribution in [2.24, 2.45) is 0 Å². The van der Waals surface area contributed by atoms with Gasteiger partial charge in [0.15, 0.2) is 0 Å². The molecular formula is C10H10ClF4N3O. The summed E-state index contributed by atoms with van der Waals surface area (Å²) >= 11 is 5.64. The number of nitrogens with one attached hydrogen (secondary N) is 1. The van der Waals surface area contributed by atoms with Crippen molar-refractivity contribution in [2.75, 3.05) is 11.9 Å². The van der Waals surface area contributed by atoms with E-state index in [1.807, 2.05) is 5.32 Å². The number of halogens is 5. The Morgan fingerprint density at radius 1 is 1.58 bits per heavy atom. The molecule has 0 aliphatic heterocycles. The van der Waals surface area contributed by atoms with E-state index in [0.717, 1.165) is 10.9 Å². The first-order chi connectivity index (χ1) is 8.79. The summed E-state index contributed by atoms with van der Waals surface area (Å²) in [5.41, 5.74) is -0.959. The average molecular weight is 300 g/mol. The summed E-state index contributed by atoms with van der Waals surface area (Å²) in [5, 5.41) is 5.21. The molecule has 1 N–H and O–H groups in total. The molecule has 4 nitrogen and oxygen atoms in total. The molecule has 9 heteroatoms. The van der Waals surface area contributed by atoms with E-state index in [1.165, 1.54) is 6.08 Å². The van der Waals surface area contributed by atoms with Crippen LogP contribution in [-0.2, 0) is 6.54 Å². The lowest BCUT2D eigenvalue weighted by Crippen LogP contribution is -2.35. The van der Waals surface area contributed by atoms with Gasteiger partial charge in [0.05, 0.1) is 25.0 Å². The number of aromatic nitrogens is 2. The van der Waals surface area contributed by atoms with Gasteiger partial charge in [-0.2, -0.15) is 13.9 Å². The highest BCUT2D eigenvalue weighted by Gasteiger charge is 2.40. The minimum Gasteiger partial charge on any atom is -0.376 e. The van der Waals surface area contributed by atoms with Gasteiger partial charge >= 0.3 is 12.3 Å². The van der Waals surface area contributed by atoms with Gasteiger partial charge in [-0.25, -0.2) is 13.5 Å². The zero-order valence-corrected chi connectivity index (χ0v) is 10.3. The third-order valence-electron chi connectivity index (χ3n) is 2.12. The molecule has 0 aliphatic rings. The first-order valence-corrected chi connectivity index (χ1v) is 5.43. The van der Waals surface area contributed by atoms with E-state index in [9.17, 15) is 22.4 Å². The molecule has 0 radical (unpaired) electrons. The fraction of sp³-hybridized carbons (Fsp3) is 0.400. The lowest BCUT2D eigenvalue weighted by atomic mass is 10.3. The van der Waals surface area contributed by atoms with E-state index in [1.54, 1.807) is 0 Å². The Labute approximate surface area is 110 Å². The second kappa shape index (κ2) is 6.05. The molecule has 0 aromatic carbocycles. The van der Waals surface area contributed by atoms with E-state index >= 15 is 0 Å². The Morgan fingerprint density at radius 3 is 2.74 bits per heavy atom. The first-order valence-electron chi connectivity index (χ1n) is 5.06. The van der Waals surface area contributed by atoms with E-state index in [4.69, 9.17) is 11.6 Å². The molecule has 0 fully saturated rings. The number of anilines is 1. The number of alkyl halides is 4. The summed E-state index contributed by atoms with van der Waals surface area (Å²) in [6.07, 6.45) is -1.41. The normalized spacial score (nSPS) is 11.7. The Morgan fingerprint density at radius 2 is 2.21 bits per heavy atom. The van der Waals surface area contributed by atoms with Crippen LogP contribution in [0, 0.1) is 0 Å². The Balaban J connectivity index is 2.90. The zero-order valence-electron chi connectivity index (χ0n) is 9.55. The molecule has 0 spiro atoms. The summed E-state index contributed by atoms with van der Waals surface area (Å²) in [6.45, 7) is 2.14. The highest BCUT2D eigenvalue weighted by atomic mass is 35.5. The van der Waals surface area contributed by atoms with E-state index in [0.29, 0.717) is 0 Å². The largest absolute Gasteiger partial charge is 0.376 e. The van der Waals surface area contributed by atoms with Crippen molar-refractivity contribution >= 4 is 17.3 Å². The number of rotatable bonds is 6. The molecule has 19 heavy (non-hydrogen) atoms. The second-order valence-electron chi connectivity index (χ2n) is 3.56. The molecule has 0 atom stereocenters. The van der Waals surface area contributed by atoms with Crippen molar-refractivity contribution < 1.29 is 17.6 Å². The maximum Gasteiger partial charge on any atom is 0.324 e. The van der Waals surface area contributed by atoms with E-state index in [-0.39, 0.29) is 12.2 Å². The van der Waals surface area contributed by atoms with Crippen molar-refractivity contribution in [3.63, 3.8) is 0 Å². The van der Waals surface area contributed by atoms with Crippen LogP contribution in [-0.4, -0.2) is 28.7 Å². The molecular weight excluding hydrogens is 290 g/mol. The van der Waals surface area contributed by atoms with Crippen LogP contribution in [0.1, 0.15) is 0 Å². The van der Waals surface area contributed by atoms with E-state index in [2.05, 4.69) is 11.7 Å². The summed E-state index contributed by atoms with van der Waals surface area (Å²) in [5.74, 6) is -4.22. The monoisotopic (exact) mass is 299 g/mol. The third kappa shape index (κ3) is 3.69. The van der Waals surface area contributed by atoms with Crippen molar-refractivity contribution in [3.8, 4) is 0 Å². The maximum atomic E-state index is 12.7. The molecule has 0 saturated heterocycles. The molecule has 0 amide bonds. The zero-order chi connectivity index (χ0) is 14.6. The third-order valence-corrected chi connectivity index (χ3v) is 2.49.